The van der Waals surface area contributed by atoms with Gasteiger partial charge in [-0.2, -0.15) is 9.61 Å². The molecular weight excluding hydrogens is 478 g/mol. The van der Waals surface area contributed by atoms with Gasteiger partial charge in [-0.1, -0.05) is 48.5 Å². The number of nitrogens with one attached hydrogen (secondary N) is 2. The standard InChI is InChI=1S/C29H29N7O2/c1-30-18-32-29(31-2)34-26-24(20-14-16-22(38-3)17-15-20)28(37)36-27(33-26)23(19-10-6-4-7-11-19)25(35-36)21-12-8-5-9-13-21/h5,8-10,12-18,33H,1,4,6-7,11H2,2-3H3,(H,31,34)/b32-18-. The van der Waals surface area contributed by atoms with E-state index >= 15 is 0 Å². The quantitative estimate of drug-likeness (QED) is 0.267. The predicted molar refractivity (Wildman–Crippen MR) is 155 cm³/mol. The van der Waals surface area contributed by atoms with Crippen molar-refractivity contribution in [3.8, 4) is 28.1 Å². The summed E-state index contributed by atoms with van der Waals surface area (Å²) < 4.78 is 6.78. The van der Waals surface area contributed by atoms with Crippen molar-refractivity contribution < 1.29 is 4.74 Å². The molecule has 0 amide bonds. The van der Waals surface area contributed by atoms with E-state index in [1.54, 1.807) is 14.2 Å². The zero-order valence-corrected chi connectivity index (χ0v) is 21.4. The summed E-state index contributed by atoms with van der Waals surface area (Å²) in [5.74, 6) is 1.41. The van der Waals surface area contributed by atoms with E-state index in [0.29, 0.717) is 28.3 Å². The molecule has 5 rings (SSSR count). The van der Waals surface area contributed by atoms with Crippen LogP contribution < -0.4 is 15.6 Å². The van der Waals surface area contributed by atoms with E-state index in [4.69, 9.17) is 9.84 Å². The number of fused-ring (bicyclic) bond motifs is 1. The fourth-order valence-electron chi connectivity index (χ4n) is 4.71. The van der Waals surface area contributed by atoms with Crippen molar-refractivity contribution in [1.82, 2.24) is 14.6 Å². The van der Waals surface area contributed by atoms with Gasteiger partial charge in [-0.25, -0.2) is 4.99 Å². The molecule has 0 fully saturated rings. The molecule has 2 aromatic carbocycles. The van der Waals surface area contributed by atoms with Gasteiger partial charge in [0.05, 0.1) is 12.7 Å². The Morgan fingerprint density at radius 3 is 2.55 bits per heavy atom. The second kappa shape index (κ2) is 11.1. The third kappa shape index (κ3) is 4.78. The first-order valence-corrected chi connectivity index (χ1v) is 12.4. The minimum absolute atomic E-state index is 0.271. The molecule has 0 saturated carbocycles. The van der Waals surface area contributed by atoms with Gasteiger partial charge in [0.2, 0.25) is 5.96 Å². The number of nitrogens with zero attached hydrogens (tertiary/aromatic N) is 5. The highest BCUT2D eigenvalue weighted by atomic mass is 16.5. The summed E-state index contributed by atoms with van der Waals surface area (Å²) in [7, 11) is 3.21. The average Bonchev–Trinajstić information content (AvgIpc) is 3.36. The Hall–Kier alpha value is -4.79. The van der Waals surface area contributed by atoms with Crippen molar-refractivity contribution in [1.29, 1.82) is 0 Å². The molecule has 0 spiro atoms. The highest BCUT2D eigenvalue weighted by Gasteiger charge is 2.24. The minimum atomic E-state index is -0.271. The first kappa shape index (κ1) is 24.9. The summed E-state index contributed by atoms with van der Waals surface area (Å²) in [6.45, 7) is 3.44. The maximum absolute atomic E-state index is 14.2. The Morgan fingerprint density at radius 1 is 1.11 bits per heavy atom. The maximum atomic E-state index is 14.2. The van der Waals surface area contributed by atoms with E-state index in [1.807, 2.05) is 54.6 Å². The van der Waals surface area contributed by atoms with Crippen molar-refractivity contribution in [2.24, 2.45) is 15.0 Å². The molecule has 38 heavy (non-hydrogen) atoms. The lowest BCUT2D eigenvalue weighted by Gasteiger charge is -2.15. The SMILES string of the molecule is C=N/C=N\C(=N/C)Nc1[nH]c2c(C3=CCCCC3)c(-c3ccccc3)nn2c(=O)c1-c1ccc(OC)cc1. The van der Waals surface area contributed by atoms with E-state index in [2.05, 4.69) is 38.1 Å². The third-order valence-electron chi connectivity index (χ3n) is 6.53. The molecule has 1 aliphatic rings. The third-order valence-corrected chi connectivity index (χ3v) is 6.53. The van der Waals surface area contributed by atoms with Gasteiger partial charge in [0.15, 0.2) is 0 Å². The number of H-pyrrole nitrogens is 1. The summed E-state index contributed by atoms with van der Waals surface area (Å²) in [6.07, 6.45) is 7.71. The first-order valence-electron chi connectivity index (χ1n) is 12.4. The smallest absolute Gasteiger partial charge is 0.284 e. The second-order valence-corrected chi connectivity index (χ2v) is 8.83. The number of aromatic amines is 1. The first-order chi connectivity index (χ1) is 18.6. The fourth-order valence-corrected chi connectivity index (χ4v) is 4.71. The number of guanidine groups is 1. The molecule has 2 N–H and O–H groups in total. The van der Waals surface area contributed by atoms with Crippen LogP contribution in [0.2, 0.25) is 0 Å². The molecule has 2 heterocycles. The highest BCUT2D eigenvalue weighted by Crippen LogP contribution is 2.37. The Morgan fingerprint density at radius 2 is 1.89 bits per heavy atom. The second-order valence-electron chi connectivity index (χ2n) is 8.83. The van der Waals surface area contributed by atoms with Gasteiger partial charge in [-0.3, -0.25) is 14.8 Å². The van der Waals surface area contributed by atoms with E-state index in [9.17, 15) is 4.79 Å². The molecule has 0 bridgehead atoms. The summed E-state index contributed by atoms with van der Waals surface area (Å²) in [5.41, 5.74) is 5.26. The lowest BCUT2D eigenvalue weighted by molar-refractivity contribution is 0.415. The van der Waals surface area contributed by atoms with Crippen LogP contribution in [-0.2, 0) is 0 Å². The molecule has 0 aliphatic heterocycles. The summed E-state index contributed by atoms with van der Waals surface area (Å²) in [6, 6.07) is 17.3. The largest absolute Gasteiger partial charge is 0.497 e. The Balaban J connectivity index is 1.81. The van der Waals surface area contributed by atoms with Crippen molar-refractivity contribution >= 4 is 36.1 Å². The van der Waals surface area contributed by atoms with Gasteiger partial charge in [-0.05, 0) is 55.7 Å². The van der Waals surface area contributed by atoms with Crippen molar-refractivity contribution in [2.45, 2.75) is 25.7 Å². The van der Waals surface area contributed by atoms with Crippen LogP contribution >= 0.6 is 0 Å². The molecule has 9 heteroatoms. The molecule has 192 valence electrons. The van der Waals surface area contributed by atoms with Crippen LogP contribution in [0.15, 0.2) is 80.4 Å². The monoisotopic (exact) mass is 507 g/mol. The molecule has 1 aliphatic carbocycles. The zero-order valence-electron chi connectivity index (χ0n) is 21.4. The summed E-state index contributed by atoms with van der Waals surface area (Å²) in [5, 5.41) is 8.05. The van der Waals surface area contributed by atoms with Gasteiger partial charge in [0.1, 0.15) is 29.2 Å². The fraction of sp³-hybridized carbons (Fsp3) is 0.207. The van der Waals surface area contributed by atoms with E-state index in [-0.39, 0.29) is 11.5 Å². The highest BCUT2D eigenvalue weighted by molar-refractivity contribution is 6.01. The van der Waals surface area contributed by atoms with E-state index in [0.717, 1.165) is 42.5 Å². The molecule has 0 radical (unpaired) electrons. The Labute approximate surface area is 220 Å². The summed E-state index contributed by atoms with van der Waals surface area (Å²) in [4.78, 5) is 29.7. The van der Waals surface area contributed by atoms with Gasteiger partial charge in [0, 0.05) is 18.2 Å². The number of hydrogen-bond donors (Lipinski definition) is 2. The number of hydrogen-bond acceptors (Lipinski definition) is 4. The summed E-state index contributed by atoms with van der Waals surface area (Å²) >= 11 is 0. The number of benzene rings is 2. The van der Waals surface area contributed by atoms with Crippen LogP contribution in [0, 0.1) is 0 Å². The maximum Gasteiger partial charge on any atom is 0.284 e. The van der Waals surface area contributed by atoms with Gasteiger partial charge in [-0.15, -0.1) is 0 Å². The van der Waals surface area contributed by atoms with Crippen LogP contribution in [0.4, 0.5) is 5.82 Å². The van der Waals surface area contributed by atoms with Crippen LogP contribution in [0.5, 0.6) is 5.75 Å². The average molecular weight is 508 g/mol. The zero-order chi connectivity index (χ0) is 26.5. The van der Waals surface area contributed by atoms with Crippen LogP contribution in [-0.4, -0.2) is 47.8 Å². The Bertz CT molecular complexity index is 1610. The van der Waals surface area contributed by atoms with Crippen molar-refractivity contribution in [2.75, 3.05) is 19.5 Å². The van der Waals surface area contributed by atoms with Crippen molar-refractivity contribution in [3.63, 3.8) is 0 Å². The lowest BCUT2D eigenvalue weighted by Crippen LogP contribution is -2.22. The van der Waals surface area contributed by atoms with Gasteiger partial charge in [0.25, 0.3) is 5.56 Å². The van der Waals surface area contributed by atoms with Gasteiger partial charge < -0.3 is 15.0 Å². The number of aromatic nitrogens is 3. The number of allylic oxidation sites excluding steroid dienone is 2. The molecule has 0 unspecified atom stereocenters. The van der Waals surface area contributed by atoms with E-state index in [1.165, 1.54) is 16.4 Å². The minimum Gasteiger partial charge on any atom is -0.497 e. The number of aliphatic imine (C=N–C) groups is 3. The topological polar surface area (TPSA) is 109 Å². The number of anilines is 1. The lowest BCUT2D eigenvalue weighted by atomic mass is 9.92. The predicted octanol–water partition coefficient (Wildman–Crippen LogP) is 5.45. The number of rotatable bonds is 6. The molecular formula is C29H29N7O2. The molecule has 9 nitrogen and oxygen atoms in total. The molecule has 0 atom stereocenters. The number of ether oxygens (including phenoxy) is 1. The van der Waals surface area contributed by atoms with Crippen LogP contribution in [0.25, 0.3) is 33.6 Å². The molecule has 0 saturated heterocycles. The van der Waals surface area contributed by atoms with Gasteiger partial charge >= 0.3 is 0 Å². The van der Waals surface area contributed by atoms with E-state index < -0.39 is 0 Å². The molecule has 4 aromatic rings. The Kier molecular flexibility index (Phi) is 7.26. The normalized spacial score (nSPS) is 14.1. The van der Waals surface area contributed by atoms with Crippen LogP contribution in [0.1, 0.15) is 31.2 Å². The number of methoxy groups -OCH3 is 1. The molecule has 2 aromatic heterocycles. The van der Waals surface area contributed by atoms with Crippen molar-refractivity contribution in [3.05, 3.63) is 76.6 Å². The van der Waals surface area contributed by atoms with Crippen LogP contribution in [0.3, 0.4) is 0 Å².